The van der Waals surface area contributed by atoms with Gasteiger partial charge in [-0.25, -0.2) is 8.42 Å². The number of nitrogens with zero attached hydrogens (tertiary/aromatic N) is 2. The van der Waals surface area contributed by atoms with Crippen LogP contribution in [0.25, 0.3) is 0 Å². The number of hydrogen-bond acceptors (Lipinski definition) is 4. The third kappa shape index (κ3) is 4.27. The first-order chi connectivity index (χ1) is 16.7. The van der Waals surface area contributed by atoms with E-state index >= 15 is 0 Å². The Kier molecular flexibility index (Phi) is 6.21. The van der Waals surface area contributed by atoms with Gasteiger partial charge in [-0.15, -0.1) is 0 Å². The zero-order chi connectivity index (χ0) is 24.8. The van der Waals surface area contributed by atoms with Gasteiger partial charge < -0.3 is 10.2 Å². The number of amides is 2. The monoisotopic (exact) mass is 495 g/mol. The minimum Gasteiger partial charge on any atom is -0.324 e. The lowest BCUT2D eigenvalue weighted by Gasteiger charge is -2.26. The van der Waals surface area contributed by atoms with Gasteiger partial charge in [-0.05, 0) is 93.3 Å². The van der Waals surface area contributed by atoms with Gasteiger partial charge in [0.2, 0.25) is 21.8 Å². The minimum atomic E-state index is -3.62. The number of aryl methyl sites for hydroxylation is 1. The van der Waals surface area contributed by atoms with Crippen molar-refractivity contribution in [1.82, 2.24) is 4.31 Å². The third-order valence-corrected chi connectivity index (χ3v) is 9.53. The SMILES string of the molecule is CC1(C)C(=O)N(CC(=O)Nc2cccc3c2CCCC3)c2ccc(S(=O)(=O)N3CCCCC3)cc21. The highest BCUT2D eigenvalue weighted by Gasteiger charge is 2.45. The second-order valence-corrected chi connectivity index (χ2v) is 12.3. The maximum atomic E-state index is 13.4. The van der Waals surface area contributed by atoms with Crippen molar-refractivity contribution in [2.75, 3.05) is 29.9 Å². The molecule has 35 heavy (non-hydrogen) atoms. The van der Waals surface area contributed by atoms with E-state index in [4.69, 9.17) is 0 Å². The molecule has 0 aromatic heterocycles. The van der Waals surface area contributed by atoms with Gasteiger partial charge in [0.25, 0.3) is 0 Å². The molecule has 0 unspecified atom stereocenters. The van der Waals surface area contributed by atoms with Crippen molar-refractivity contribution in [3.8, 4) is 0 Å². The number of rotatable bonds is 5. The summed E-state index contributed by atoms with van der Waals surface area (Å²) < 4.78 is 28.0. The Hall–Kier alpha value is -2.71. The lowest BCUT2D eigenvalue weighted by molar-refractivity contribution is -0.124. The summed E-state index contributed by atoms with van der Waals surface area (Å²) in [6, 6.07) is 10.9. The highest BCUT2D eigenvalue weighted by Crippen LogP contribution is 2.43. The molecule has 5 rings (SSSR count). The van der Waals surface area contributed by atoms with Gasteiger partial charge in [0, 0.05) is 24.5 Å². The van der Waals surface area contributed by atoms with Crippen molar-refractivity contribution in [3.05, 3.63) is 53.1 Å². The number of benzene rings is 2. The Labute approximate surface area is 207 Å². The molecule has 8 heteroatoms. The van der Waals surface area contributed by atoms with Crippen LogP contribution in [0.3, 0.4) is 0 Å². The Balaban J connectivity index is 1.40. The van der Waals surface area contributed by atoms with Gasteiger partial charge >= 0.3 is 0 Å². The van der Waals surface area contributed by atoms with Crippen molar-refractivity contribution in [2.24, 2.45) is 0 Å². The number of hydrogen-bond donors (Lipinski definition) is 1. The number of carbonyl (C=O) groups is 2. The Morgan fingerprint density at radius 3 is 2.51 bits per heavy atom. The number of carbonyl (C=O) groups excluding carboxylic acids is 2. The topological polar surface area (TPSA) is 86.8 Å². The molecule has 0 bridgehead atoms. The van der Waals surface area contributed by atoms with E-state index in [0.717, 1.165) is 50.6 Å². The van der Waals surface area contributed by atoms with Crippen LogP contribution in [0.2, 0.25) is 0 Å². The summed E-state index contributed by atoms with van der Waals surface area (Å²) in [5.74, 6) is -0.462. The second kappa shape index (κ2) is 9.06. The van der Waals surface area contributed by atoms with Crippen LogP contribution in [-0.4, -0.2) is 44.2 Å². The van der Waals surface area contributed by atoms with Gasteiger partial charge in [0.1, 0.15) is 6.54 Å². The normalized spacial score (nSPS) is 19.8. The van der Waals surface area contributed by atoms with Crippen molar-refractivity contribution in [1.29, 1.82) is 0 Å². The fourth-order valence-corrected chi connectivity index (χ4v) is 7.16. The van der Waals surface area contributed by atoms with E-state index in [2.05, 4.69) is 11.4 Å². The Morgan fingerprint density at radius 1 is 1.00 bits per heavy atom. The van der Waals surface area contributed by atoms with Crippen molar-refractivity contribution < 1.29 is 18.0 Å². The van der Waals surface area contributed by atoms with E-state index in [9.17, 15) is 18.0 Å². The number of nitrogens with one attached hydrogen (secondary N) is 1. The summed E-state index contributed by atoms with van der Waals surface area (Å²) in [4.78, 5) is 28.1. The summed E-state index contributed by atoms with van der Waals surface area (Å²) in [5, 5.41) is 3.02. The molecule has 1 saturated heterocycles. The molecule has 2 aromatic carbocycles. The first kappa shape index (κ1) is 24.0. The number of piperidine rings is 1. The molecule has 1 aliphatic carbocycles. The number of fused-ring (bicyclic) bond motifs is 2. The maximum absolute atomic E-state index is 13.4. The largest absolute Gasteiger partial charge is 0.324 e. The Morgan fingerprint density at radius 2 is 1.74 bits per heavy atom. The average Bonchev–Trinajstić information content (AvgIpc) is 3.05. The fourth-order valence-electron chi connectivity index (χ4n) is 5.62. The number of sulfonamides is 1. The van der Waals surface area contributed by atoms with Gasteiger partial charge in [-0.2, -0.15) is 4.31 Å². The highest BCUT2D eigenvalue weighted by molar-refractivity contribution is 7.89. The first-order valence-corrected chi connectivity index (χ1v) is 14.0. The summed E-state index contributed by atoms with van der Waals surface area (Å²) in [6.07, 6.45) is 7.00. The van der Waals surface area contributed by atoms with Crippen LogP contribution in [0.5, 0.6) is 0 Å². The van der Waals surface area contributed by atoms with Crippen LogP contribution < -0.4 is 10.2 Å². The highest BCUT2D eigenvalue weighted by atomic mass is 32.2. The van der Waals surface area contributed by atoms with E-state index in [1.807, 2.05) is 12.1 Å². The maximum Gasteiger partial charge on any atom is 0.244 e. The van der Waals surface area contributed by atoms with Crippen LogP contribution in [0.15, 0.2) is 41.3 Å². The van der Waals surface area contributed by atoms with Gasteiger partial charge in [-0.1, -0.05) is 18.6 Å². The smallest absolute Gasteiger partial charge is 0.244 e. The van der Waals surface area contributed by atoms with Crippen LogP contribution in [-0.2, 0) is 37.9 Å². The first-order valence-electron chi connectivity index (χ1n) is 12.6. The van der Waals surface area contributed by atoms with Crippen molar-refractivity contribution >= 4 is 33.2 Å². The lowest BCUT2D eigenvalue weighted by Crippen LogP contribution is -2.40. The molecule has 1 fully saturated rings. The predicted molar refractivity (Wildman–Crippen MR) is 136 cm³/mol. The third-order valence-electron chi connectivity index (χ3n) is 7.64. The van der Waals surface area contributed by atoms with E-state index in [1.54, 1.807) is 32.0 Å². The summed E-state index contributed by atoms with van der Waals surface area (Å²) in [5.41, 5.74) is 3.61. The minimum absolute atomic E-state index is 0.114. The zero-order valence-electron chi connectivity index (χ0n) is 20.5. The van der Waals surface area contributed by atoms with Gasteiger partial charge in [-0.3, -0.25) is 9.59 Å². The van der Waals surface area contributed by atoms with Crippen molar-refractivity contribution in [3.63, 3.8) is 0 Å². The summed E-state index contributed by atoms with van der Waals surface area (Å²) >= 11 is 0. The van der Waals surface area contributed by atoms with E-state index < -0.39 is 15.4 Å². The average molecular weight is 496 g/mol. The molecule has 0 radical (unpaired) electrons. The van der Waals surface area contributed by atoms with Crippen LogP contribution in [0, 0.1) is 0 Å². The molecule has 2 heterocycles. The lowest BCUT2D eigenvalue weighted by atomic mass is 9.86. The molecule has 7 nitrogen and oxygen atoms in total. The van der Waals surface area contributed by atoms with Crippen LogP contribution >= 0.6 is 0 Å². The second-order valence-electron chi connectivity index (χ2n) is 10.4. The number of anilines is 2. The quantitative estimate of drug-likeness (QED) is 0.679. The molecule has 0 spiro atoms. The van der Waals surface area contributed by atoms with Crippen molar-refractivity contribution in [2.45, 2.75) is 69.1 Å². The molecule has 2 aliphatic heterocycles. The Bertz CT molecular complexity index is 1280. The molecule has 186 valence electrons. The molecular formula is C27H33N3O4S. The molecule has 1 N–H and O–H groups in total. The molecule has 0 atom stereocenters. The molecular weight excluding hydrogens is 462 g/mol. The van der Waals surface area contributed by atoms with Gasteiger partial charge in [0.05, 0.1) is 10.3 Å². The molecule has 2 amide bonds. The predicted octanol–water partition coefficient (Wildman–Crippen LogP) is 4.00. The van der Waals surface area contributed by atoms with Crippen LogP contribution in [0.1, 0.15) is 62.6 Å². The van der Waals surface area contributed by atoms with Gasteiger partial charge in [0.15, 0.2) is 0 Å². The standard InChI is InChI=1S/C27H33N3O4S/c1-27(2)22-17-20(35(33,34)29-15-6-3-7-16-29)13-14-24(22)30(26(27)32)18-25(31)28-23-12-8-10-19-9-4-5-11-21(19)23/h8,10,12-14,17H,3-7,9,11,15-16,18H2,1-2H3,(H,28,31). The van der Waals surface area contributed by atoms with E-state index in [-0.39, 0.29) is 23.3 Å². The molecule has 3 aliphatic rings. The van der Waals surface area contributed by atoms with E-state index in [1.165, 1.54) is 20.3 Å². The molecule has 0 saturated carbocycles. The fraction of sp³-hybridized carbons (Fsp3) is 0.481. The molecule has 2 aromatic rings. The zero-order valence-corrected chi connectivity index (χ0v) is 21.3. The summed E-state index contributed by atoms with van der Waals surface area (Å²) in [7, 11) is -3.62. The van der Waals surface area contributed by atoms with Crippen LogP contribution in [0.4, 0.5) is 11.4 Å². The summed E-state index contributed by atoms with van der Waals surface area (Å²) in [6.45, 7) is 4.51. The van der Waals surface area contributed by atoms with E-state index in [0.29, 0.717) is 24.3 Å².